The maximum atomic E-state index is 5.87. The molecule has 3 nitrogen and oxygen atoms in total. The van der Waals surface area contributed by atoms with Crippen molar-refractivity contribution < 1.29 is 0 Å². The molecule has 17 heavy (non-hydrogen) atoms. The van der Waals surface area contributed by atoms with Gasteiger partial charge in [0.25, 0.3) is 0 Å². The van der Waals surface area contributed by atoms with Gasteiger partial charge in [-0.1, -0.05) is 12.1 Å². The Morgan fingerprint density at radius 3 is 2.82 bits per heavy atom. The Hall–Kier alpha value is -1.39. The van der Waals surface area contributed by atoms with Crippen LogP contribution in [0.3, 0.4) is 0 Å². The summed E-state index contributed by atoms with van der Waals surface area (Å²) in [5, 5.41) is 4.52. The van der Waals surface area contributed by atoms with Crippen LogP contribution in [0.15, 0.2) is 24.4 Å². The van der Waals surface area contributed by atoms with Crippen LogP contribution in [0.25, 0.3) is 0 Å². The molecule has 0 saturated carbocycles. The van der Waals surface area contributed by atoms with Gasteiger partial charge >= 0.3 is 0 Å². The average molecular weight is 247 g/mol. The van der Waals surface area contributed by atoms with Crippen molar-refractivity contribution >= 4 is 17.0 Å². The predicted molar refractivity (Wildman–Crippen MR) is 73.0 cm³/mol. The monoisotopic (exact) mass is 247 g/mol. The fourth-order valence-electron chi connectivity index (χ4n) is 1.68. The van der Waals surface area contributed by atoms with Gasteiger partial charge < -0.3 is 11.1 Å². The van der Waals surface area contributed by atoms with E-state index in [0.717, 1.165) is 29.3 Å². The average Bonchev–Trinajstić information content (AvgIpc) is 2.70. The first-order valence-corrected chi connectivity index (χ1v) is 6.44. The molecule has 0 aliphatic heterocycles. The van der Waals surface area contributed by atoms with Crippen LogP contribution in [0, 0.1) is 13.8 Å². The molecule has 1 aromatic heterocycles. The molecule has 0 aliphatic carbocycles. The van der Waals surface area contributed by atoms with E-state index >= 15 is 0 Å². The van der Waals surface area contributed by atoms with Crippen LogP contribution < -0.4 is 11.1 Å². The molecule has 0 spiro atoms. The third-order valence-electron chi connectivity index (χ3n) is 2.75. The molecule has 2 aromatic rings. The lowest BCUT2D eigenvalue weighted by atomic mass is 10.1. The lowest BCUT2D eigenvalue weighted by molar-refractivity contribution is 0.687. The lowest BCUT2D eigenvalue weighted by Crippen LogP contribution is -2.13. The fourth-order valence-corrected chi connectivity index (χ4v) is 2.44. The summed E-state index contributed by atoms with van der Waals surface area (Å²) in [4.78, 5) is 5.57. The first kappa shape index (κ1) is 12.1. The number of anilines is 1. The third-order valence-corrected chi connectivity index (χ3v) is 3.66. The molecule has 2 rings (SSSR count). The van der Waals surface area contributed by atoms with Crippen LogP contribution in [-0.2, 0) is 13.1 Å². The van der Waals surface area contributed by atoms with Crippen molar-refractivity contribution in [1.29, 1.82) is 0 Å². The van der Waals surface area contributed by atoms with Crippen molar-refractivity contribution in [2.24, 2.45) is 0 Å². The van der Waals surface area contributed by atoms with Gasteiger partial charge in [-0.2, -0.15) is 0 Å². The number of benzene rings is 1. The largest absolute Gasteiger partial charge is 0.399 e. The Morgan fingerprint density at radius 2 is 2.12 bits per heavy atom. The van der Waals surface area contributed by atoms with E-state index in [4.69, 9.17) is 5.73 Å². The highest BCUT2D eigenvalue weighted by atomic mass is 32.1. The molecular weight excluding hydrogens is 230 g/mol. The van der Waals surface area contributed by atoms with Gasteiger partial charge in [0.1, 0.15) is 5.01 Å². The van der Waals surface area contributed by atoms with E-state index in [0.29, 0.717) is 0 Å². The summed E-state index contributed by atoms with van der Waals surface area (Å²) in [5.41, 5.74) is 9.14. The van der Waals surface area contributed by atoms with Crippen molar-refractivity contribution in [3.8, 4) is 0 Å². The zero-order valence-corrected chi connectivity index (χ0v) is 11.0. The van der Waals surface area contributed by atoms with Gasteiger partial charge in [0.05, 0.1) is 0 Å². The van der Waals surface area contributed by atoms with Crippen LogP contribution in [0.1, 0.15) is 21.0 Å². The third kappa shape index (κ3) is 3.05. The number of thiazole rings is 1. The quantitative estimate of drug-likeness (QED) is 0.817. The van der Waals surface area contributed by atoms with Gasteiger partial charge in [0.2, 0.25) is 0 Å². The van der Waals surface area contributed by atoms with Crippen LogP contribution in [0.2, 0.25) is 0 Å². The zero-order valence-electron chi connectivity index (χ0n) is 10.2. The van der Waals surface area contributed by atoms with Gasteiger partial charge in [-0.3, -0.25) is 0 Å². The summed E-state index contributed by atoms with van der Waals surface area (Å²) in [7, 11) is 0. The summed E-state index contributed by atoms with van der Waals surface area (Å²) in [5.74, 6) is 0. The van der Waals surface area contributed by atoms with E-state index in [-0.39, 0.29) is 0 Å². The van der Waals surface area contributed by atoms with Gasteiger partial charge in [-0.25, -0.2) is 4.98 Å². The van der Waals surface area contributed by atoms with Crippen LogP contribution in [0.4, 0.5) is 5.69 Å². The smallest absolute Gasteiger partial charge is 0.107 e. The number of hydrogen-bond acceptors (Lipinski definition) is 4. The van der Waals surface area contributed by atoms with E-state index < -0.39 is 0 Å². The Kier molecular flexibility index (Phi) is 3.76. The van der Waals surface area contributed by atoms with Gasteiger partial charge in [0.15, 0.2) is 0 Å². The Morgan fingerprint density at radius 1 is 1.29 bits per heavy atom. The van der Waals surface area contributed by atoms with Crippen LogP contribution in [0.5, 0.6) is 0 Å². The van der Waals surface area contributed by atoms with Crippen molar-refractivity contribution in [1.82, 2.24) is 10.3 Å². The number of nitrogens with two attached hydrogens (primary N) is 1. The normalized spacial score (nSPS) is 10.7. The SMILES string of the molecule is Cc1cnc(CNCc2cccc(N)c2C)s1. The highest BCUT2D eigenvalue weighted by molar-refractivity contribution is 7.11. The lowest BCUT2D eigenvalue weighted by Gasteiger charge is -2.08. The van der Waals surface area contributed by atoms with E-state index in [1.165, 1.54) is 10.4 Å². The number of nitrogens with one attached hydrogen (secondary N) is 1. The second kappa shape index (κ2) is 5.29. The minimum absolute atomic E-state index is 0.812. The minimum Gasteiger partial charge on any atom is -0.399 e. The molecule has 1 aromatic carbocycles. The number of aromatic nitrogens is 1. The van der Waals surface area contributed by atoms with E-state index in [1.807, 2.05) is 18.3 Å². The molecule has 0 atom stereocenters. The van der Waals surface area contributed by atoms with Crippen LogP contribution in [-0.4, -0.2) is 4.98 Å². The van der Waals surface area contributed by atoms with Crippen molar-refractivity contribution in [3.05, 3.63) is 45.4 Å². The maximum absolute atomic E-state index is 5.87. The number of nitrogens with zero attached hydrogens (tertiary/aromatic N) is 1. The molecule has 0 unspecified atom stereocenters. The summed E-state index contributed by atoms with van der Waals surface area (Å²) in [6.45, 7) is 5.77. The van der Waals surface area contributed by atoms with E-state index in [9.17, 15) is 0 Å². The second-order valence-electron chi connectivity index (χ2n) is 4.10. The summed E-state index contributed by atoms with van der Waals surface area (Å²) in [6.07, 6.45) is 1.91. The van der Waals surface area contributed by atoms with Crippen molar-refractivity contribution in [2.75, 3.05) is 5.73 Å². The summed E-state index contributed by atoms with van der Waals surface area (Å²) in [6, 6.07) is 6.03. The molecule has 0 fully saturated rings. The molecule has 4 heteroatoms. The molecule has 1 heterocycles. The van der Waals surface area contributed by atoms with Crippen molar-refractivity contribution in [3.63, 3.8) is 0 Å². The van der Waals surface area contributed by atoms with E-state index in [1.54, 1.807) is 11.3 Å². The number of rotatable bonds is 4. The highest BCUT2D eigenvalue weighted by Gasteiger charge is 2.02. The number of nitrogen functional groups attached to an aromatic ring is 1. The van der Waals surface area contributed by atoms with E-state index in [2.05, 4.69) is 30.2 Å². The fraction of sp³-hybridized carbons (Fsp3) is 0.308. The second-order valence-corrected chi connectivity index (χ2v) is 5.42. The number of hydrogen-bond donors (Lipinski definition) is 2. The first-order chi connectivity index (χ1) is 8.16. The highest BCUT2D eigenvalue weighted by Crippen LogP contribution is 2.16. The van der Waals surface area contributed by atoms with Gasteiger partial charge in [-0.05, 0) is 31.0 Å². The molecule has 90 valence electrons. The Bertz CT molecular complexity index is 505. The Balaban J connectivity index is 1.92. The van der Waals surface area contributed by atoms with Crippen molar-refractivity contribution in [2.45, 2.75) is 26.9 Å². The molecular formula is C13H17N3S. The summed E-state index contributed by atoms with van der Waals surface area (Å²) < 4.78 is 0. The van der Waals surface area contributed by atoms with Gasteiger partial charge in [0, 0.05) is 29.9 Å². The first-order valence-electron chi connectivity index (χ1n) is 5.63. The minimum atomic E-state index is 0.812. The molecule has 0 aliphatic rings. The molecule has 0 amide bonds. The molecule has 0 radical (unpaired) electrons. The predicted octanol–water partition coefficient (Wildman–Crippen LogP) is 2.63. The zero-order chi connectivity index (χ0) is 12.3. The molecule has 0 saturated heterocycles. The van der Waals surface area contributed by atoms with Gasteiger partial charge in [-0.15, -0.1) is 11.3 Å². The number of aryl methyl sites for hydroxylation is 1. The molecule has 3 N–H and O–H groups in total. The standard InChI is InChI=1S/C13H17N3S/c1-9-6-16-13(17-9)8-15-7-11-4-3-5-12(14)10(11)2/h3-6,15H,7-8,14H2,1-2H3. The molecule has 0 bridgehead atoms. The Labute approximate surface area is 106 Å². The summed E-state index contributed by atoms with van der Waals surface area (Å²) >= 11 is 1.73. The maximum Gasteiger partial charge on any atom is 0.107 e. The topological polar surface area (TPSA) is 50.9 Å². The van der Waals surface area contributed by atoms with Crippen LogP contribution >= 0.6 is 11.3 Å².